The van der Waals surface area contributed by atoms with Crippen molar-refractivity contribution in [1.82, 2.24) is 47.1 Å². The maximum absolute atomic E-state index is 14.4. The minimum absolute atomic E-state index is 0.0987. The van der Waals surface area contributed by atoms with E-state index in [0.29, 0.717) is 46.4 Å². The normalized spacial score (nSPS) is 26.3. The Balaban J connectivity index is 1.68. The Morgan fingerprint density at radius 3 is 2.15 bits per heavy atom. The van der Waals surface area contributed by atoms with Crippen LogP contribution in [0.15, 0.2) is 23.2 Å². The zero-order valence-electron chi connectivity index (χ0n) is 34.9. The lowest BCUT2D eigenvalue weighted by molar-refractivity contribution is -0.148. The van der Waals surface area contributed by atoms with Gasteiger partial charge in [-0.25, -0.2) is 0 Å². The van der Waals surface area contributed by atoms with E-state index in [9.17, 15) is 43.2 Å². The number of aromatic amines is 1. The number of amides is 8. The molecule has 0 radical (unpaired) electrons. The number of fused-ring (bicyclic) bond motifs is 5. The van der Waals surface area contributed by atoms with Crippen LogP contribution in [0.3, 0.4) is 0 Å². The molecule has 332 valence electrons. The van der Waals surface area contributed by atoms with Crippen molar-refractivity contribution in [2.45, 2.75) is 107 Å². The zero-order valence-corrected chi connectivity index (χ0v) is 35.8. The number of nitrogens with zero attached hydrogens (tertiary/aromatic N) is 1. The largest absolute Gasteiger partial charge is 0.469 e. The summed E-state index contributed by atoms with van der Waals surface area (Å²) in [6.07, 6.45) is 0.727. The average Bonchev–Trinajstić information content (AvgIpc) is 3.87. The monoisotopic (exact) mass is 868 g/mol. The second-order valence-corrected chi connectivity index (χ2v) is 16.7. The Bertz CT molecular complexity index is 2040. The zero-order chi connectivity index (χ0) is 44.5. The number of hydrogen-bond acceptors (Lipinski definition) is 12. The summed E-state index contributed by atoms with van der Waals surface area (Å²) in [4.78, 5) is 129. The van der Waals surface area contributed by atoms with Crippen LogP contribution in [0.5, 0.6) is 0 Å². The van der Waals surface area contributed by atoms with E-state index < -0.39 is 121 Å². The number of H-pyrrole nitrogens is 1. The molecular weight excluding hydrogens is 813 g/mol. The van der Waals surface area contributed by atoms with Crippen molar-refractivity contribution in [3.05, 3.63) is 23.8 Å². The molecule has 1 fully saturated rings. The van der Waals surface area contributed by atoms with Crippen molar-refractivity contribution in [2.75, 3.05) is 38.2 Å². The van der Waals surface area contributed by atoms with Gasteiger partial charge in [-0.3, -0.25) is 43.2 Å². The maximum Gasteiger partial charge on any atom is 0.308 e. The molecule has 4 heterocycles. The molecule has 2 aromatic rings. The van der Waals surface area contributed by atoms with Gasteiger partial charge in [-0.1, -0.05) is 40.5 Å². The first-order chi connectivity index (χ1) is 29.0. The second-order valence-electron chi connectivity index (χ2n) is 15.7. The Hall–Kier alpha value is -5.86. The molecule has 0 aliphatic carbocycles. The number of rotatable bonds is 6. The van der Waals surface area contributed by atoms with Gasteiger partial charge in [-0.15, -0.1) is 11.8 Å². The number of nitrogens with two attached hydrogens (primary N) is 1. The van der Waals surface area contributed by atoms with Gasteiger partial charge in [0, 0.05) is 35.3 Å². The van der Waals surface area contributed by atoms with Gasteiger partial charge in [-0.05, 0) is 48.4 Å². The molecule has 10 N–H and O–H groups in total. The van der Waals surface area contributed by atoms with Crippen LogP contribution in [0.2, 0.25) is 0 Å². The number of aromatic nitrogens is 1. The Morgan fingerprint density at radius 1 is 0.820 bits per heavy atom. The van der Waals surface area contributed by atoms with Gasteiger partial charge in [0.05, 0.1) is 31.6 Å². The number of anilines is 1. The standard InChI is InChI=1S/C40H56N10O10S/c1-6-19(3)32-37(57)43-16-29(51)44-27-18-61-39-23(22-13-21(41)10-11-24(22)47-39)14-25(34(54)42-17-30(52)48-32)45-38(58)33(20(4)7-2)49-36(56)28-9-8-12-50(28)40(59)26(46-35(27)55)15-31(53)60-5/h10-11,13,19-20,25-28,32-33,47H,6-9,12,14-18,41H2,1-5H3,(H,42,54)(H,43,57)(H,44,51)(H,45,58)(H,46,55)(H,48,52)(H,49,56)/t19-,20-,25-,26-,27-,28-,32-,33-/m0/s1. The van der Waals surface area contributed by atoms with Gasteiger partial charge in [0.2, 0.25) is 47.3 Å². The number of thioether (sulfide) groups is 1. The highest BCUT2D eigenvalue weighted by Gasteiger charge is 2.42. The van der Waals surface area contributed by atoms with Crippen LogP contribution >= 0.6 is 11.8 Å². The molecule has 3 aliphatic rings. The Morgan fingerprint density at radius 2 is 1.48 bits per heavy atom. The summed E-state index contributed by atoms with van der Waals surface area (Å²) in [7, 11) is 1.12. The average molecular weight is 869 g/mol. The molecule has 20 nitrogen and oxygen atoms in total. The first-order valence-electron chi connectivity index (χ1n) is 20.5. The van der Waals surface area contributed by atoms with E-state index in [1.54, 1.807) is 39.0 Å². The number of hydrogen-bond donors (Lipinski definition) is 9. The number of ether oxygens (including phenoxy) is 1. The smallest absolute Gasteiger partial charge is 0.308 e. The second kappa shape index (κ2) is 20.6. The van der Waals surface area contributed by atoms with E-state index >= 15 is 0 Å². The molecule has 0 spiro atoms. The van der Waals surface area contributed by atoms with Gasteiger partial charge in [0.1, 0.15) is 36.3 Å². The molecule has 3 aliphatic heterocycles. The summed E-state index contributed by atoms with van der Waals surface area (Å²) in [5.41, 5.74) is 7.69. The first kappa shape index (κ1) is 46.2. The van der Waals surface area contributed by atoms with Crippen LogP contribution in [-0.2, 0) is 54.3 Å². The van der Waals surface area contributed by atoms with Crippen molar-refractivity contribution in [3.63, 3.8) is 0 Å². The molecule has 2 bridgehead atoms. The maximum atomic E-state index is 14.4. The summed E-state index contributed by atoms with van der Waals surface area (Å²) in [5, 5.41) is 19.6. The number of carbonyl (C=O) groups is 9. The Labute approximate surface area is 357 Å². The fourth-order valence-electron chi connectivity index (χ4n) is 7.51. The number of nitrogen functional groups attached to an aromatic ring is 1. The third kappa shape index (κ3) is 11.3. The summed E-state index contributed by atoms with van der Waals surface area (Å²) in [6.45, 7) is 6.03. The van der Waals surface area contributed by atoms with Crippen LogP contribution in [0.1, 0.15) is 65.4 Å². The van der Waals surface area contributed by atoms with Crippen LogP contribution in [0.4, 0.5) is 5.69 Å². The number of nitrogens with one attached hydrogen (secondary N) is 8. The van der Waals surface area contributed by atoms with Gasteiger partial charge in [0.15, 0.2) is 0 Å². The summed E-state index contributed by atoms with van der Waals surface area (Å²) in [5.74, 6) is -7.80. The van der Waals surface area contributed by atoms with Crippen molar-refractivity contribution in [2.24, 2.45) is 11.8 Å². The van der Waals surface area contributed by atoms with E-state index in [1.165, 1.54) is 4.90 Å². The summed E-state index contributed by atoms with van der Waals surface area (Å²) >= 11 is 1.08. The van der Waals surface area contributed by atoms with Crippen LogP contribution in [-0.4, -0.2) is 132 Å². The highest BCUT2D eigenvalue weighted by atomic mass is 32.2. The van der Waals surface area contributed by atoms with Crippen molar-refractivity contribution in [3.8, 4) is 0 Å². The molecule has 61 heavy (non-hydrogen) atoms. The third-order valence-corrected chi connectivity index (χ3v) is 12.6. The summed E-state index contributed by atoms with van der Waals surface area (Å²) < 4.78 is 4.85. The van der Waals surface area contributed by atoms with Gasteiger partial charge in [-0.2, -0.15) is 0 Å². The number of methoxy groups -OCH3 is 1. The molecular formula is C40H56N10O10S. The SMILES string of the molecule is CC[C@H](C)[C@@H]1NC(=O)CNC(=O)[C@@H]2Cc3c([nH]c4ccc(N)cc34)SC[C@H](NC(=O)CNC1=O)C(=O)N[C@@H](CC(=O)OC)C(=O)N1CCC[C@H]1C(=O)N[C@@H]([C@@H](C)CC)C(=O)N2. The van der Waals surface area contributed by atoms with E-state index in [4.69, 9.17) is 10.5 Å². The molecule has 1 aromatic carbocycles. The van der Waals surface area contributed by atoms with E-state index in [2.05, 4.69) is 42.2 Å². The number of benzene rings is 1. The topological polar surface area (TPSA) is 292 Å². The van der Waals surface area contributed by atoms with Crippen LogP contribution in [0, 0.1) is 11.8 Å². The first-order valence-corrected chi connectivity index (χ1v) is 21.5. The van der Waals surface area contributed by atoms with Crippen LogP contribution in [0.25, 0.3) is 10.9 Å². The van der Waals surface area contributed by atoms with Crippen molar-refractivity contribution < 1.29 is 47.9 Å². The number of carbonyl (C=O) groups excluding carboxylic acids is 9. The van der Waals surface area contributed by atoms with Crippen LogP contribution < -0.4 is 43.0 Å². The van der Waals surface area contributed by atoms with Gasteiger partial charge in [0.25, 0.3) is 0 Å². The molecule has 1 aromatic heterocycles. The molecule has 0 unspecified atom stereocenters. The van der Waals surface area contributed by atoms with Gasteiger partial charge >= 0.3 is 5.97 Å². The lowest BCUT2D eigenvalue weighted by Gasteiger charge is -2.32. The molecule has 21 heteroatoms. The van der Waals surface area contributed by atoms with E-state index in [-0.39, 0.29) is 25.1 Å². The fourth-order valence-corrected chi connectivity index (χ4v) is 8.63. The minimum atomic E-state index is -1.53. The highest BCUT2D eigenvalue weighted by Crippen LogP contribution is 2.33. The lowest BCUT2D eigenvalue weighted by Crippen LogP contribution is -2.61. The van der Waals surface area contributed by atoms with E-state index in [0.717, 1.165) is 18.9 Å². The molecule has 1 saturated heterocycles. The predicted octanol–water partition coefficient (Wildman–Crippen LogP) is -1.29. The highest BCUT2D eigenvalue weighted by molar-refractivity contribution is 7.99. The predicted molar refractivity (Wildman–Crippen MR) is 223 cm³/mol. The molecule has 8 atom stereocenters. The Kier molecular flexibility index (Phi) is 15.6. The minimum Gasteiger partial charge on any atom is -0.469 e. The van der Waals surface area contributed by atoms with E-state index in [1.807, 2.05) is 6.92 Å². The van der Waals surface area contributed by atoms with Gasteiger partial charge < -0.3 is 57.6 Å². The van der Waals surface area contributed by atoms with Crippen molar-refractivity contribution in [1.29, 1.82) is 0 Å². The summed E-state index contributed by atoms with van der Waals surface area (Å²) in [6, 6.07) is -2.61. The molecule has 8 amide bonds. The number of esters is 1. The fraction of sp³-hybridized carbons (Fsp3) is 0.575. The lowest BCUT2D eigenvalue weighted by atomic mass is 9.96. The molecule has 0 saturated carbocycles. The molecule has 5 rings (SSSR count). The quantitative estimate of drug-likeness (QED) is 0.121. The van der Waals surface area contributed by atoms with Crippen molar-refractivity contribution >= 4 is 81.6 Å². The third-order valence-electron chi connectivity index (χ3n) is 11.5.